The van der Waals surface area contributed by atoms with Crippen LogP contribution >= 0.6 is 11.6 Å². The molecule has 3 aliphatic heterocycles. The van der Waals surface area contributed by atoms with E-state index in [1.165, 1.54) is 42.5 Å². The van der Waals surface area contributed by atoms with Gasteiger partial charge in [-0.1, -0.05) is 114 Å². The molecule has 26 heteroatoms. The van der Waals surface area contributed by atoms with Gasteiger partial charge in [-0.05, 0) is 132 Å². The van der Waals surface area contributed by atoms with Gasteiger partial charge in [-0.15, -0.1) is 0 Å². The fourth-order valence-electron chi connectivity index (χ4n) is 11.2. The van der Waals surface area contributed by atoms with E-state index in [-0.39, 0.29) is 33.6 Å². The van der Waals surface area contributed by atoms with Gasteiger partial charge >= 0.3 is 24.0 Å². The third-order valence-electron chi connectivity index (χ3n) is 16.2. The number of nitrogens with one attached hydrogen (secondary N) is 1. The molecule has 3 aromatic heterocycles. The Bertz CT molecular complexity index is 4690. The minimum Gasteiger partial charge on any atom is -0.479 e. The highest BCUT2D eigenvalue weighted by Gasteiger charge is 2.45. The number of hydrogen-bond donors (Lipinski definition) is 2. The van der Waals surface area contributed by atoms with Crippen LogP contribution in [0, 0.1) is 19.3 Å². The maximum atomic E-state index is 13.5. The Hall–Kier alpha value is -10.4. The van der Waals surface area contributed by atoms with E-state index in [1.54, 1.807) is 65.7 Å². The number of aromatic nitrogens is 5. The standard InChI is InChI=1S/C23H32N2O4.C18H17NO3.C16H12ClNO5.C16H17N3O5S/c1-7-16-13-15(3)14-17(8-2)18(16)19-20(26)24-9-11-28-12-10-25(24)21(19)29-22(27)23(4,5)6;1-2-21-17(20)16-13-18(22-19-16,14-9-5-3-6-10-14)15-11-7-4-8-12-15;1-9(15(19)20)21-11-3-5-12(6-4-11)22-16-18-13-7-2-10(17)8-14(13)23-16;1-9-10(15(20)11-8-17-19(2)16(11)21)4-5-13(25(3,22)23)14(9)12-6-7-24-18-12/h13-14H,7-12H2,1-6H3;3-12H,2,13H2,1H3;2-9H,1H3,(H,19,20);4-5,8,17H,6-7H2,1-3H3/t;;9-;/m..1./s1. The molecule has 24 nitrogen and oxygen atoms in total. The van der Waals surface area contributed by atoms with Gasteiger partial charge in [0.2, 0.25) is 5.88 Å². The summed E-state index contributed by atoms with van der Waals surface area (Å²) in [7, 11) is -2.02. The van der Waals surface area contributed by atoms with Crippen LogP contribution in [0.25, 0.3) is 22.2 Å². The number of halogens is 1. The molecule has 0 saturated heterocycles. The average molecular weight is 1390 g/mol. The third kappa shape index (κ3) is 16.8. The minimum absolute atomic E-state index is 0.00623. The number of benzene rings is 6. The number of ether oxygens (including phenoxy) is 5. The summed E-state index contributed by atoms with van der Waals surface area (Å²) in [6.07, 6.45) is 4.01. The highest BCUT2D eigenvalue weighted by molar-refractivity contribution is 7.90. The van der Waals surface area contributed by atoms with Gasteiger partial charge in [0.1, 0.15) is 34.7 Å². The number of aryl methyl sites for hydroxylation is 4. The van der Waals surface area contributed by atoms with Gasteiger partial charge in [0, 0.05) is 59.3 Å². The van der Waals surface area contributed by atoms with Gasteiger partial charge in [0.25, 0.3) is 11.1 Å². The molecule has 1 atom stereocenters. The number of carboxylic acids is 1. The van der Waals surface area contributed by atoms with Crippen molar-refractivity contribution < 1.29 is 70.5 Å². The number of aliphatic carboxylic acids is 1. The lowest BCUT2D eigenvalue weighted by molar-refractivity contribution is -0.144. The fraction of sp³-hybridized carbons (Fsp3) is 0.329. The Morgan fingerprint density at radius 1 is 0.768 bits per heavy atom. The second kappa shape index (κ2) is 31.4. The van der Waals surface area contributed by atoms with Crippen molar-refractivity contribution >= 4 is 67.7 Å². The van der Waals surface area contributed by atoms with E-state index >= 15 is 0 Å². The Kier molecular flexibility index (Phi) is 23.1. The molecule has 0 bridgehead atoms. The Labute approximate surface area is 576 Å². The largest absolute Gasteiger partial charge is 0.479 e. The summed E-state index contributed by atoms with van der Waals surface area (Å²) >= 11 is 5.88. The summed E-state index contributed by atoms with van der Waals surface area (Å²) in [5.74, 6) is -1.02. The molecule has 0 saturated carbocycles. The van der Waals surface area contributed by atoms with Crippen molar-refractivity contribution in [2.45, 2.75) is 118 Å². The number of oxime groups is 2. The first-order valence-corrected chi connectivity index (χ1v) is 34.3. The number of rotatable bonds is 17. The van der Waals surface area contributed by atoms with Crippen molar-refractivity contribution in [1.82, 2.24) is 24.1 Å². The molecule has 12 rings (SSSR count). The van der Waals surface area contributed by atoms with Crippen molar-refractivity contribution in [3.63, 3.8) is 0 Å². The second-order valence-electron chi connectivity index (χ2n) is 24.4. The minimum atomic E-state index is -3.52. The Morgan fingerprint density at radius 3 is 1.95 bits per heavy atom. The smallest absolute Gasteiger partial charge is 0.400 e. The van der Waals surface area contributed by atoms with Gasteiger partial charge in [0.05, 0.1) is 55.4 Å². The number of oxazole rings is 1. The number of hydrogen-bond acceptors (Lipinski definition) is 19. The zero-order chi connectivity index (χ0) is 71.5. The van der Waals surface area contributed by atoms with Gasteiger partial charge in [0.15, 0.2) is 38.6 Å². The predicted molar refractivity (Wildman–Crippen MR) is 371 cm³/mol. The molecule has 0 aliphatic carbocycles. The first-order valence-electron chi connectivity index (χ1n) is 32.0. The molecule has 3 aliphatic rings. The molecule has 0 amide bonds. The Balaban J connectivity index is 0.000000155. The molecule has 520 valence electrons. The predicted octanol–water partition coefficient (Wildman–Crippen LogP) is 11.9. The van der Waals surface area contributed by atoms with Crippen LogP contribution in [0.5, 0.6) is 23.5 Å². The van der Waals surface area contributed by atoms with E-state index in [4.69, 9.17) is 54.5 Å². The molecular formula is C73H78ClN7O17S. The van der Waals surface area contributed by atoms with Crippen LogP contribution < -0.4 is 25.3 Å². The van der Waals surface area contributed by atoms with Gasteiger partial charge in [-0.25, -0.2) is 27.4 Å². The van der Waals surface area contributed by atoms with Crippen LogP contribution in [-0.2, 0) is 81.9 Å². The number of aromatic amines is 1. The maximum absolute atomic E-state index is 13.5. The quantitative estimate of drug-likeness (QED) is 0.0632. The van der Waals surface area contributed by atoms with Gasteiger partial charge < -0.3 is 48.0 Å². The lowest BCUT2D eigenvalue weighted by Crippen LogP contribution is -2.29. The molecule has 0 radical (unpaired) electrons. The SMILES string of the molecule is CCOC(=O)C1=NOC(c2ccccc2)(c2ccccc2)C1.CCc1cc(C)cc(CC)c1-c1c(OC(=O)C(C)(C)C)n2n(c1=O)CCOCC2.C[C@@H](Oc1ccc(Oc2nc3ccc(Cl)cc3o2)cc1)C(=O)O.Cc1c(C(=O)c2c[nH]n(C)c2=O)ccc(S(C)(=O)=O)c1C1=NOCC1. The highest BCUT2D eigenvalue weighted by Crippen LogP contribution is 2.42. The highest BCUT2D eigenvalue weighted by atomic mass is 35.5. The first kappa shape index (κ1) is 72.9. The van der Waals surface area contributed by atoms with E-state index in [9.17, 15) is 37.2 Å². The summed E-state index contributed by atoms with van der Waals surface area (Å²) in [6, 6.07) is 38.3. The molecule has 0 spiro atoms. The van der Waals surface area contributed by atoms with Crippen LogP contribution in [0.15, 0.2) is 163 Å². The Morgan fingerprint density at radius 2 is 1.39 bits per heavy atom. The van der Waals surface area contributed by atoms with Crippen molar-refractivity contribution in [3.8, 4) is 34.6 Å². The van der Waals surface area contributed by atoms with E-state index in [2.05, 4.69) is 53.3 Å². The van der Waals surface area contributed by atoms with Gasteiger partial charge in [-0.3, -0.25) is 23.9 Å². The summed E-state index contributed by atoms with van der Waals surface area (Å²) in [4.78, 5) is 88.9. The van der Waals surface area contributed by atoms with Crippen molar-refractivity contribution in [2.24, 2.45) is 22.8 Å². The second-order valence-corrected chi connectivity index (χ2v) is 26.8. The van der Waals surface area contributed by atoms with Gasteiger partial charge in [-0.2, -0.15) is 4.98 Å². The summed E-state index contributed by atoms with van der Waals surface area (Å²) < 4.78 is 61.6. The zero-order valence-corrected chi connectivity index (χ0v) is 58.4. The van der Waals surface area contributed by atoms with E-state index in [0.29, 0.717) is 114 Å². The number of esters is 2. The summed E-state index contributed by atoms with van der Waals surface area (Å²) in [5.41, 5.74) is 7.74. The van der Waals surface area contributed by atoms with Crippen molar-refractivity contribution in [1.29, 1.82) is 0 Å². The zero-order valence-electron chi connectivity index (χ0n) is 56.8. The fourth-order valence-corrected chi connectivity index (χ4v) is 12.3. The normalized spacial score (nSPS) is 14.1. The van der Waals surface area contributed by atoms with Crippen molar-refractivity contribution in [2.75, 3.05) is 32.7 Å². The number of fused-ring (bicyclic) bond motifs is 2. The number of carbonyl (C=O) groups excluding carboxylic acids is 3. The number of sulfone groups is 1. The van der Waals surface area contributed by atoms with Crippen molar-refractivity contribution in [3.05, 3.63) is 209 Å². The number of H-pyrrole nitrogens is 1. The molecule has 9 aromatic rings. The monoisotopic (exact) mass is 1390 g/mol. The topological polar surface area (TPSA) is 303 Å². The number of nitrogens with zero attached hydrogens (tertiary/aromatic N) is 6. The molecule has 0 unspecified atom stereocenters. The average Bonchev–Trinajstić information content (AvgIpc) is 1.67. The molecule has 0 fully saturated rings. The molecular weight excluding hydrogens is 1310 g/mol. The molecule has 99 heavy (non-hydrogen) atoms. The number of carboxylic acid groups (broad SMARTS) is 1. The van der Waals surface area contributed by atoms with Crippen LogP contribution in [0.1, 0.15) is 116 Å². The molecule has 2 N–H and O–H groups in total. The lowest BCUT2D eigenvalue weighted by Gasteiger charge is -2.27. The van der Waals surface area contributed by atoms with E-state index < -0.39 is 50.2 Å². The third-order valence-corrected chi connectivity index (χ3v) is 17.6. The molecule has 6 aromatic carbocycles. The van der Waals surface area contributed by atoms with Crippen LogP contribution in [0.3, 0.4) is 0 Å². The molecule has 6 heterocycles. The van der Waals surface area contributed by atoms with Crippen LogP contribution in [0.4, 0.5) is 0 Å². The van der Waals surface area contributed by atoms with E-state index in [1.807, 2.05) is 81.4 Å². The van der Waals surface area contributed by atoms with Crippen LogP contribution in [-0.4, -0.2) is 112 Å². The van der Waals surface area contributed by atoms with Crippen LogP contribution in [0.2, 0.25) is 5.02 Å². The lowest BCUT2D eigenvalue weighted by atomic mass is 9.82. The summed E-state index contributed by atoms with van der Waals surface area (Å²) in [6.45, 7) is 19.1. The maximum Gasteiger partial charge on any atom is 0.400 e. The first-order chi connectivity index (χ1) is 47.2. The number of carbonyl (C=O) groups is 4. The summed E-state index contributed by atoms with van der Waals surface area (Å²) in [5, 5.41) is 19.9. The number of ketones is 1. The van der Waals surface area contributed by atoms with E-state index in [0.717, 1.165) is 46.9 Å².